The van der Waals surface area contributed by atoms with Gasteiger partial charge in [-0.1, -0.05) is 6.07 Å². The molecule has 0 saturated heterocycles. The molecule has 0 bridgehead atoms. The van der Waals surface area contributed by atoms with Crippen molar-refractivity contribution in [1.82, 2.24) is 14.8 Å². The van der Waals surface area contributed by atoms with Crippen molar-refractivity contribution in [1.29, 1.82) is 0 Å². The number of carbonyl (C=O) groups excluding carboxylic acids is 1. The Morgan fingerprint density at radius 2 is 2.14 bits per heavy atom. The van der Waals surface area contributed by atoms with Gasteiger partial charge >= 0.3 is 5.97 Å². The molecule has 108 valence electrons. The largest absolute Gasteiger partial charge is 0.478 e. The van der Waals surface area contributed by atoms with E-state index in [1.165, 1.54) is 12.3 Å². The van der Waals surface area contributed by atoms with Crippen LogP contribution in [0.5, 0.6) is 0 Å². The maximum Gasteiger partial charge on any atom is 0.328 e. The highest BCUT2D eigenvalue weighted by Gasteiger charge is 2.13. The Balaban J connectivity index is 2.16. The average molecular weight is 286 g/mol. The number of pyridine rings is 1. The van der Waals surface area contributed by atoms with Crippen molar-refractivity contribution >= 4 is 23.8 Å². The summed E-state index contributed by atoms with van der Waals surface area (Å²) >= 11 is 0. The Hall–Kier alpha value is -2.96. The molecule has 0 aliphatic heterocycles. The number of hydrogen-bond acceptors (Lipinski definition) is 4. The van der Waals surface area contributed by atoms with Crippen molar-refractivity contribution in [2.75, 3.05) is 5.32 Å². The molecule has 21 heavy (non-hydrogen) atoms. The number of carboxylic acids is 1. The molecular formula is C14H14N4O3. The smallest absolute Gasteiger partial charge is 0.328 e. The van der Waals surface area contributed by atoms with Crippen LogP contribution in [0.4, 0.5) is 5.82 Å². The first-order valence-electron chi connectivity index (χ1n) is 6.15. The summed E-state index contributed by atoms with van der Waals surface area (Å²) in [5.41, 5.74) is 1.65. The SMILES string of the molecule is Cc1c(C(=O)Nc2cccc(C=CC(=O)O)n2)cnn1C. The zero-order chi connectivity index (χ0) is 15.4. The molecule has 0 atom stereocenters. The third-order valence-electron chi connectivity index (χ3n) is 2.89. The monoisotopic (exact) mass is 286 g/mol. The number of rotatable bonds is 4. The Morgan fingerprint density at radius 1 is 1.38 bits per heavy atom. The topological polar surface area (TPSA) is 97.1 Å². The number of carboxylic acid groups (broad SMARTS) is 1. The molecule has 2 N–H and O–H groups in total. The number of hydrogen-bond donors (Lipinski definition) is 2. The number of nitrogens with zero attached hydrogens (tertiary/aromatic N) is 3. The molecule has 0 aromatic carbocycles. The second-order valence-electron chi connectivity index (χ2n) is 4.34. The fourth-order valence-corrected chi connectivity index (χ4v) is 1.68. The van der Waals surface area contributed by atoms with Crippen molar-refractivity contribution in [2.45, 2.75) is 6.92 Å². The second kappa shape index (κ2) is 6.00. The Bertz CT molecular complexity index is 719. The van der Waals surface area contributed by atoms with E-state index in [0.29, 0.717) is 17.1 Å². The summed E-state index contributed by atoms with van der Waals surface area (Å²) in [4.78, 5) is 26.7. The van der Waals surface area contributed by atoms with Crippen molar-refractivity contribution in [3.05, 3.63) is 47.4 Å². The van der Waals surface area contributed by atoms with Gasteiger partial charge in [-0.25, -0.2) is 9.78 Å². The summed E-state index contributed by atoms with van der Waals surface area (Å²) < 4.78 is 1.61. The highest BCUT2D eigenvalue weighted by atomic mass is 16.4. The molecule has 2 aromatic heterocycles. The molecule has 0 spiro atoms. The van der Waals surface area contributed by atoms with Crippen molar-refractivity contribution < 1.29 is 14.7 Å². The van der Waals surface area contributed by atoms with Gasteiger partial charge < -0.3 is 10.4 Å². The van der Waals surface area contributed by atoms with Crippen LogP contribution in [0.2, 0.25) is 0 Å². The number of aromatic nitrogens is 3. The lowest BCUT2D eigenvalue weighted by Crippen LogP contribution is -2.14. The van der Waals surface area contributed by atoms with E-state index in [1.54, 1.807) is 36.9 Å². The van der Waals surface area contributed by atoms with Crippen molar-refractivity contribution in [2.24, 2.45) is 7.05 Å². The van der Waals surface area contributed by atoms with Crippen LogP contribution in [0.1, 0.15) is 21.7 Å². The number of anilines is 1. The molecule has 2 aromatic rings. The standard InChI is InChI=1S/C14H14N4O3/c1-9-11(8-15-18(9)2)14(21)17-12-5-3-4-10(16-12)6-7-13(19)20/h3-8H,1-2H3,(H,19,20)(H,16,17,21). The van der Waals surface area contributed by atoms with Gasteiger partial charge in [0.05, 0.1) is 17.5 Å². The normalized spacial score (nSPS) is 10.8. The van der Waals surface area contributed by atoms with Crippen LogP contribution in [0, 0.1) is 6.92 Å². The lowest BCUT2D eigenvalue weighted by molar-refractivity contribution is -0.131. The molecule has 1 amide bonds. The minimum atomic E-state index is -1.06. The average Bonchev–Trinajstić information content (AvgIpc) is 2.77. The molecule has 0 fully saturated rings. The summed E-state index contributed by atoms with van der Waals surface area (Å²) in [6.07, 6.45) is 3.82. The molecule has 7 heteroatoms. The number of nitrogens with one attached hydrogen (secondary N) is 1. The van der Waals surface area contributed by atoms with Crippen molar-refractivity contribution in [3.8, 4) is 0 Å². The Morgan fingerprint density at radius 3 is 2.76 bits per heavy atom. The third kappa shape index (κ3) is 3.53. The molecule has 0 aliphatic carbocycles. The lowest BCUT2D eigenvalue weighted by atomic mass is 10.2. The summed E-state index contributed by atoms with van der Waals surface area (Å²) in [5, 5.41) is 15.2. The third-order valence-corrected chi connectivity index (χ3v) is 2.89. The van der Waals surface area contributed by atoms with E-state index in [4.69, 9.17) is 5.11 Å². The molecule has 0 saturated carbocycles. The zero-order valence-electron chi connectivity index (χ0n) is 11.6. The fourth-order valence-electron chi connectivity index (χ4n) is 1.68. The van der Waals surface area contributed by atoms with E-state index >= 15 is 0 Å². The van der Waals surface area contributed by atoms with Crippen LogP contribution in [0.15, 0.2) is 30.5 Å². The van der Waals surface area contributed by atoms with Gasteiger partial charge in [0, 0.05) is 18.8 Å². The molecule has 0 radical (unpaired) electrons. The number of amides is 1. The van der Waals surface area contributed by atoms with E-state index in [2.05, 4.69) is 15.4 Å². The number of carbonyl (C=O) groups is 2. The molecular weight excluding hydrogens is 272 g/mol. The summed E-state index contributed by atoms with van der Waals surface area (Å²) in [5.74, 6) is -1.03. The molecule has 2 rings (SSSR count). The van der Waals surface area contributed by atoms with Gasteiger partial charge in [-0.3, -0.25) is 9.48 Å². The predicted octanol–water partition coefficient (Wildman–Crippen LogP) is 1.47. The molecule has 0 unspecified atom stereocenters. The number of aliphatic carboxylic acids is 1. The van der Waals surface area contributed by atoms with Crippen LogP contribution in [-0.4, -0.2) is 31.7 Å². The zero-order valence-corrected chi connectivity index (χ0v) is 11.6. The van der Waals surface area contributed by atoms with Gasteiger partial charge in [0.25, 0.3) is 5.91 Å². The maximum absolute atomic E-state index is 12.1. The number of aryl methyl sites for hydroxylation is 1. The van der Waals surface area contributed by atoms with Gasteiger partial charge in [0.15, 0.2) is 0 Å². The van der Waals surface area contributed by atoms with Gasteiger partial charge in [0.2, 0.25) is 0 Å². The molecule has 0 aliphatic rings. The molecule has 7 nitrogen and oxygen atoms in total. The quantitative estimate of drug-likeness (QED) is 0.830. The van der Waals surface area contributed by atoms with Crippen LogP contribution in [-0.2, 0) is 11.8 Å². The van der Waals surface area contributed by atoms with Crippen molar-refractivity contribution in [3.63, 3.8) is 0 Å². The minimum absolute atomic E-state index is 0.313. The van der Waals surface area contributed by atoms with E-state index < -0.39 is 5.97 Å². The van der Waals surface area contributed by atoms with Gasteiger partial charge in [-0.2, -0.15) is 5.10 Å². The van der Waals surface area contributed by atoms with E-state index in [0.717, 1.165) is 11.8 Å². The fraction of sp³-hybridized carbons (Fsp3) is 0.143. The van der Waals surface area contributed by atoms with E-state index in [9.17, 15) is 9.59 Å². The van der Waals surface area contributed by atoms with Gasteiger partial charge in [0.1, 0.15) is 5.82 Å². The highest BCUT2D eigenvalue weighted by molar-refractivity contribution is 6.04. The minimum Gasteiger partial charge on any atom is -0.478 e. The highest BCUT2D eigenvalue weighted by Crippen LogP contribution is 2.11. The Kier molecular flexibility index (Phi) is 4.13. The first-order chi connectivity index (χ1) is 9.97. The van der Waals surface area contributed by atoms with E-state index in [-0.39, 0.29) is 5.91 Å². The Labute approximate surface area is 120 Å². The summed E-state index contributed by atoms with van der Waals surface area (Å²) in [7, 11) is 1.75. The summed E-state index contributed by atoms with van der Waals surface area (Å²) in [6.45, 7) is 1.79. The maximum atomic E-state index is 12.1. The first kappa shape index (κ1) is 14.4. The van der Waals surface area contributed by atoms with Gasteiger partial charge in [-0.15, -0.1) is 0 Å². The first-order valence-corrected chi connectivity index (χ1v) is 6.15. The van der Waals surface area contributed by atoms with Crippen LogP contribution in [0.25, 0.3) is 6.08 Å². The van der Waals surface area contributed by atoms with Crippen LogP contribution in [0.3, 0.4) is 0 Å². The van der Waals surface area contributed by atoms with Gasteiger partial charge in [-0.05, 0) is 25.1 Å². The predicted molar refractivity (Wildman–Crippen MR) is 76.8 cm³/mol. The molecule has 2 heterocycles. The lowest BCUT2D eigenvalue weighted by Gasteiger charge is -2.04. The van der Waals surface area contributed by atoms with Crippen LogP contribution < -0.4 is 5.32 Å². The summed E-state index contributed by atoms with van der Waals surface area (Å²) in [6, 6.07) is 4.95. The second-order valence-corrected chi connectivity index (χ2v) is 4.34. The van der Waals surface area contributed by atoms with E-state index in [1.807, 2.05) is 0 Å². The van der Waals surface area contributed by atoms with Crippen LogP contribution >= 0.6 is 0 Å².